The Bertz CT molecular complexity index is 567. The van der Waals surface area contributed by atoms with Crippen LogP contribution in [0.2, 0.25) is 0 Å². The van der Waals surface area contributed by atoms with Gasteiger partial charge in [0.15, 0.2) is 0 Å². The van der Waals surface area contributed by atoms with Crippen LogP contribution in [-0.4, -0.2) is 55.7 Å². The third kappa shape index (κ3) is 5.13. The zero-order valence-corrected chi connectivity index (χ0v) is 17.4. The molecule has 3 fully saturated rings. The Morgan fingerprint density at radius 1 is 0.963 bits per heavy atom. The maximum Gasteiger partial charge on any atom is 0.0500 e. The van der Waals surface area contributed by atoms with E-state index in [4.69, 9.17) is 4.74 Å². The fraction of sp³-hybridized carbons (Fsp3) is 0.750. The summed E-state index contributed by atoms with van der Waals surface area (Å²) in [6.45, 7) is 14.0. The number of nitrogens with zero attached hydrogens (tertiary/aromatic N) is 2. The van der Waals surface area contributed by atoms with E-state index in [2.05, 4.69) is 47.9 Å². The zero-order chi connectivity index (χ0) is 18.6. The predicted octanol–water partition coefficient (Wildman–Crippen LogP) is 4.38. The molecule has 0 radical (unpaired) electrons. The van der Waals surface area contributed by atoms with Crippen molar-refractivity contribution in [3.63, 3.8) is 0 Å². The number of likely N-dealkylation sites (tertiary alicyclic amines) is 2. The molecule has 150 valence electrons. The van der Waals surface area contributed by atoms with Gasteiger partial charge >= 0.3 is 0 Å². The largest absolute Gasteiger partial charge is 0.381 e. The summed E-state index contributed by atoms with van der Waals surface area (Å²) < 4.78 is 6.03. The van der Waals surface area contributed by atoms with Crippen LogP contribution in [0.4, 0.5) is 0 Å². The van der Waals surface area contributed by atoms with E-state index in [1.807, 2.05) is 0 Å². The van der Waals surface area contributed by atoms with Crippen LogP contribution < -0.4 is 0 Å². The molecule has 1 aromatic rings. The van der Waals surface area contributed by atoms with Crippen LogP contribution in [0, 0.1) is 17.8 Å². The van der Waals surface area contributed by atoms with Gasteiger partial charge in [0.25, 0.3) is 0 Å². The van der Waals surface area contributed by atoms with E-state index < -0.39 is 0 Å². The lowest BCUT2D eigenvalue weighted by atomic mass is 10.0. The molecule has 3 aliphatic rings. The van der Waals surface area contributed by atoms with E-state index in [1.54, 1.807) is 0 Å². The number of ether oxygens (including phenoxy) is 1. The lowest BCUT2D eigenvalue weighted by Crippen LogP contribution is -2.31. The van der Waals surface area contributed by atoms with Gasteiger partial charge < -0.3 is 9.64 Å². The Labute approximate surface area is 166 Å². The van der Waals surface area contributed by atoms with Gasteiger partial charge in [0, 0.05) is 32.8 Å². The van der Waals surface area contributed by atoms with Crippen LogP contribution in [0.25, 0.3) is 0 Å². The second-order valence-electron chi connectivity index (χ2n) is 9.41. The molecule has 1 aromatic carbocycles. The summed E-state index contributed by atoms with van der Waals surface area (Å²) in [5.74, 6) is 3.28. The van der Waals surface area contributed by atoms with Crippen LogP contribution in [-0.2, 0) is 11.3 Å². The molecule has 3 heteroatoms. The zero-order valence-electron chi connectivity index (χ0n) is 17.4. The minimum Gasteiger partial charge on any atom is -0.381 e. The molecule has 0 aromatic heterocycles. The lowest BCUT2D eigenvalue weighted by molar-refractivity contribution is 0.0967. The second-order valence-corrected chi connectivity index (χ2v) is 9.41. The Balaban J connectivity index is 1.08. The molecule has 3 atom stereocenters. The minimum absolute atomic E-state index is 0.624. The van der Waals surface area contributed by atoms with Gasteiger partial charge in [0.1, 0.15) is 0 Å². The highest BCUT2D eigenvalue weighted by molar-refractivity contribution is 5.25. The van der Waals surface area contributed by atoms with Crippen LogP contribution in [0.5, 0.6) is 0 Å². The Kier molecular flexibility index (Phi) is 6.52. The molecule has 1 unspecified atom stereocenters. The molecular weight excluding hydrogens is 332 g/mol. The van der Waals surface area contributed by atoms with Gasteiger partial charge in [0.2, 0.25) is 0 Å². The third-order valence-corrected chi connectivity index (χ3v) is 7.02. The highest BCUT2D eigenvalue weighted by Crippen LogP contribution is 2.52. The van der Waals surface area contributed by atoms with Crippen molar-refractivity contribution < 1.29 is 4.74 Å². The number of benzene rings is 1. The fourth-order valence-corrected chi connectivity index (χ4v) is 5.17. The van der Waals surface area contributed by atoms with Gasteiger partial charge in [-0.05, 0) is 67.2 Å². The molecule has 2 saturated heterocycles. The van der Waals surface area contributed by atoms with E-state index in [-0.39, 0.29) is 0 Å². The first-order valence-electron chi connectivity index (χ1n) is 11.3. The van der Waals surface area contributed by atoms with Crippen LogP contribution in [0.3, 0.4) is 0 Å². The summed E-state index contributed by atoms with van der Waals surface area (Å²) in [5.41, 5.74) is 2.91. The average molecular weight is 371 g/mol. The van der Waals surface area contributed by atoms with Crippen LogP contribution >= 0.6 is 0 Å². The fourth-order valence-electron chi connectivity index (χ4n) is 5.17. The van der Waals surface area contributed by atoms with Crippen LogP contribution in [0.15, 0.2) is 24.3 Å². The average Bonchev–Trinajstić information content (AvgIpc) is 3.13. The molecular formula is C24H38N2O. The van der Waals surface area contributed by atoms with E-state index in [0.717, 1.165) is 37.5 Å². The van der Waals surface area contributed by atoms with Crippen molar-refractivity contribution >= 4 is 0 Å². The molecule has 2 aliphatic heterocycles. The molecule has 0 spiro atoms. The normalized spacial score (nSPS) is 28.6. The van der Waals surface area contributed by atoms with Crippen molar-refractivity contribution in [2.24, 2.45) is 17.8 Å². The van der Waals surface area contributed by atoms with E-state index in [0.29, 0.717) is 5.92 Å². The van der Waals surface area contributed by atoms with Gasteiger partial charge in [-0.25, -0.2) is 0 Å². The Morgan fingerprint density at radius 2 is 1.67 bits per heavy atom. The first kappa shape index (κ1) is 19.4. The van der Waals surface area contributed by atoms with Crippen molar-refractivity contribution in [1.29, 1.82) is 0 Å². The van der Waals surface area contributed by atoms with Gasteiger partial charge in [-0.1, -0.05) is 44.5 Å². The maximum atomic E-state index is 6.03. The SMILES string of the molecule is CC(C)c1ccc(CN2C[C@@H]3C(COCCCN4CCCCC4)[C@@H]3C2)cc1. The minimum atomic E-state index is 0.624. The third-order valence-electron chi connectivity index (χ3n) is 7.02. The number of hydrogen-bond donors (Lipinski definition) is 0. The Hall–Kier alpha value is -0.900. The highest BCUT2D eigenvalue weighted by Gasteiger charge is 2.55. The standard InChI is InChI=1S/C24H38N2O/c1-19(2)21-9-7-20(8-10-21)15-26-16-22-23(17-26)24(22)18-27-14-6-13-25-11-4-3-5-12-25/h7-10,19,22-24H,3-6,11-18H2,1-2H3/t22-,23+,24?. The molecule has 4 rings (SSSR count). The summed E-state index contributed by atoms with van der Waals surface area (Å²) in [4.78, 5) is 5.26. The summed E-state index contributed by atoms with van der Waals surface area (Å²) in [5, 5.41) is 0. The van der Waals surface area contributed by atoms with Crippen molar-refractivity contribution in [2.75, 3.05) is 45.9 Å². The molecule has 0 amide bonds. The topological polar surface area (TPSA) is 15.7 Å². The first-order chi connectivity index (χ1) is 13.2. The lowest BCUT2D eigenvalue weighted by Gasteiger charge is -2.26. The summed E-state index contributed by atoms with van der Waals surface area (Å²) >= 11 is 0. The maximum absolute atomic E-state index is 6.03. The summed E-state index contributed by atoms with van der Waals surface area (Å²) in [6.07, 6.45) is 5.42. The number of hydrogen-bond acceptors (Lipinski definition) is 3. The van der Waals surface area contributed by atoms with Crippen LogP contribution in [0.1, 0.15) is 56.6 Å². The summed E-state index contributed by atoms with van der Waals surface area (Å²) in [7, 11) is 0. The molecule has 1 aliphatic carbocycles. The predicted molar refractivity (Wildman–Crippen MR) is 112 cm³/mol. The molecule has 0 bridgehead atoms. The van der Waals surface area contributed by atoms with E-state index in [1.165, 1.54) is 69.5 Å². The van der Waals surface area contributed by atoms with Crippen molar-refractivity contribution in [2.45, 2.75) is 52.0 Å². The number of fused-ring (bicyclic) bond motifs is 1. The van der Waals surface area contributed by atoms with Crippen molar-refractivity contribution in [1.82, 2.24) is 9.80 Å². The quantitative estimate of drug-likeness (QED) is 0.600. The molecule has 3 nitrogen and oxygen atoms in total. The van der Waals surface area contributed by atoms with Gasteiger partial charge in [-0.3, -0.25) is 4.90 Å². The van der Waals surface area contributed by atoms with Gasteiger partial charge in [0.05, 0.1) is 6.61 Å². The molecule has 2 heterocycles. The highest BCUT2D eigenvalue weighted by atomic mass is 16.5. The first-order valence-corrected chi connectivity index (χ1v) is 11.3. The van der Waals surface area contributed by atoms with Crippen molar-refractivity contribution in [3.05, 3.63) is 35.4 Å². The summed E-state index contributed by atoms with van der Waals surface area (Å²) in [6, 6.07) is 9.25. The van der Waals surface area contributed by atoms with Crippen molar-refractivity contribution in [3.8, 4) is 0 Å². The number of piperidine rings is 2. The van der Waals surface area contributed by atoms with Gasteiger partial charge in [-0.15, -0.1) is 0 Å². The van der Waals surface area contributed by atoms with E-state index >= 15 is 0 Å². The molecule has 27 heavy (non-hydrogen) atoms. The van der Waals surface area contributed by atoms with E-state index in [9.17, 15) is 0 Å². The monoisotopic (exact) mass is 370 g/mol. The molecule has 1 saturated carbocycles. The Morgan fingerprint density at radius 3 is 2.33 bits per heavy atom. The second kappa shape index (κ2) is 9.07. The number of rotatable bonds is 9. The van der Waals surface area contributed by atoms with Gasteiger partial charge in [-0.2, -0.15) is 0 Å². The molecule has 0 N–H and O–H groups in total. The smallest absolute Gasteiger partial charge is 0.0500 e.